The molecular weight excluding hydrogens is 408 g/mol. The summed E-state index contributed by atoms with van der Waals surface area (Å²) >= 11 is 0. The first-order valence-electron chi connectivity index (χ1n) is 8.85. The van der Waals surface area contributed by atoms with Gasteiger partial charge in [0, 0.05) is 18.3 Å². The van der Waals surface area contributed by atoms with Crippen LogP contribution in [0.4, 0.5) is 0 Å². The van der Waals surface area contributed by atoms with Gasteiger partial charge in [0.1, 0.15) is 12.4 Å². The van der Waals surface area contributed by atoms with Gasteiger partial charge in [-0.25, -0.2) is 13.6 Å². The first-order valence-corrected chi connectivity index (χ1v) is 10.4. The first-order chi connectivity index (χ1) is 14.3. The molecule has 30 heavy (non-hydrogen) atoms. The Labute approximate surface area is 172 Å². The number of hydrogen-bond donors (Lipinski definition) is 1. The highest BCUT2D eigenvalue weighted by atomic mass is 32.2. The van der Waals surface area contributed by atoms with E-state index in [2.05, 4.69) is 20.2 Å². The molecule has 0 radical (unpaired) electrons. The first kappa shape index (κ1) is 19.7. The maximum absolute atomic E-state index is 11.6. The minimum Gasteiger partial charge on any atom is -0.486 e. The number of ether oxygens (including phenoxy) is 1. The lowest BCUT2D eigenvalue weighted by Crippen LogP contribution is -2.11. The number of pyridine rings is 1. The van der Waals surface area contributed by atoms with Crippen LogP contribution >= 0.6 is 0 Å². The van der Waals surface area contributed by atoms with E-state index >= 15 is 0 Å². The van der Waals surface area contributed by atoms with Crippen LogP contribution in [0, 0.1) is 6.92 Å². The zero-order valence-electron chi connectivity index (χ0n) is 16.2. The number of nitrogens with two attached hydrogens (primary N) is 1. The lowest BCUT2D eigenvalue weighted by Gasteiger charge is -2.07. The van der Waals surface area contributed by atoms with Crippen LogP contribution in [0.3, 0.4) is 0 Å². The van der Waals surface area contributed by atoms with Gasteiger partial charge in [0.2, 0.25) is 15.8 Å². The Balaban J connectivity index is 1.61. The van der Waals surface area contributed by atoms with Crippen molar-refractivity contribution in [1.29, 1.82) is 0 Å². The van der Waals surface area contributed by atoms with Crippen LogP contribution in [-0.2, 0) is 23.7 Å². The quantitative estimate of drug-likeness (QED) is 0.494. The second-order valence-corrected chi connectivity index (χ2v) is 8.11. The summed E-state index contributed by atoms with van der Waals surface area (Å²) in [5, 5.41) is 13.4. The van der Waals surface area contributed by atoms with Gasteiger partial charge in [0.05, 0.1) is 28.5 Å². The van der Waals surface area contributed by atoms with Crippen LogP contribution in [0.1, 0.15) is 11.4 Å². The summed E-state index contributed by atoms with van der Waals surface area (Å²) in [6.07, 6.45) is 3.25. The average Bonchev–Trinajstić information content (AvgIpc) is 3.34. The molecule has 4 aromatic rings. The minimum atomic E-state index is -3.84. The largest absolute Gasteiger partial charge is 0.486 e. The normalized spacial score (nSPS) is 11.6. The van der Waals surface area contributed by atoms with E-state index < -0.39 is 10.0 Å². The highest BCUT2D eigenvalue weighted by molar-refractivity contribution is 7.89. The Morgan fingerprint density at radius 2 is 2.03 bits per heavy atom. The molecule has 10 nitrogen and oxygen atoms in total. The maximum atomic E-state index is 11.6. The third-order valence-electron chi connectivity index (χ3n) is 4.40. The molecule has 3 heterocycles. The summed E-state index contributed by atoms with van der Waals surface area (Å²) in [7, 11) is -2.06. The highest BCUT2D eigenvalue weighted by Crippen LogP contribution is 2.26. The molecule has 154 valence electrons. The zero-order chi connectivity index (χ0) is 21.3. The molecule has 0 aliphatic carbocycles. The van der Waals surface area contributed by atoms with Gasteiger partial charge in [-0.05, 0) is 31.2 Å². The van der Waals surface area contributed by atoms with Gasteiger partial charge in [-0.2, -0.15) is 10.1 Å². The Bertz CT molecular complexity index is 1290. The number of hydrogen-bond acceptors (Lipinski definition) is 8. The predicted octanol–water partition coefficient (Wildman–Crippen LogP) is 2.07. The van der Waals surface area contributed by atoms with Crippen LogP contribution in [0.2, 0.25) is 0 Å². The van der Waals surface area contributed by atoms with E-state index in [1.165, 1.54) is 12.1 Å². The fourth-order valence-electron chi connectivity index (χ4n) is 2.77. The standard InChI is InChI=1S/C19H18N6O4S/c1-12-6-7-14(9-21-12)28-11-17-16(10-22-25(17)2)19-23-18(24-29-19)13-4-3-5-15(8-13)30(20,26)27/h3-10H,11H2,1-2H3,(H2,20,26,27). The van der Waals surface area contributed by atoms with Gasteiger partial charge >= 0.3 is 0 Å². The number of sulfonamides is 1. The number of rotatable bonds is 6. The monoisotopic (exact) mass is 426 g/mol. The third-order valence-corrected chi connectivity index (χ3v) is 5.31. The van der Waals surface area contributed by atoms with Crippen molar-refractivity contribution in [2.75, 3.05) is 0 Å². The van der Waals surface area contributed by atoms with E-state index in [4.69, 9.17) is 14.4 Å². The van der Waals surface area contributed by atoms with Crippen LogP contribution in [0.15, 0.2) is 58.2 Å². The molecule has 3 aromatic heterocycles. The molecule has 0 amide bonds. The Morgan fingerprint density at radius 1 is 1.20 bits per heavy atom. The van der Waals surface area contributed by atoms with Crippen molar-refractivity contribution in [2.24, 2.45) is 12.2 Å². The summed E-state index contributed by atoms with van der Waals surface area (Å²) in [6.45, 7) is 2.12. The molecule has 2 N–H and O–H groups in total. The summed E-state index contributed by atoms with van der Waals surface area (Å²) in [4.78, 5) is 8.55. The molecule has 0 saturated heterocycles. The fourth-order valence-corrected chi connectivity index (χ4v) is 3.33. The molecule has 0 spiro atoms. The van der Waals surface area contributed by atoms with E-state index in [-0.39, 0.29) is 23.2 Å². The number of aryl methyl sites for hydroxylation is 2. The lowest BCUT2D eigenvalue weighted by atomic mass is 10.2. The number of nitrogens with zero attached hydrogens (tertiary/aromatic N) is 5. The van der Waals surface area contributed by atoms with Crippen LogP contribution in [0.25, 0.3) is 22.8 Å². The molecule has 11 heteroatoms. The van der Waals surface area contributed by atoms with Gasteiger partial charge in [0.25, 0.3) is 5.89 Å². The second kappa shape index (κ2) is 7.69. The molecule has 1 aromatic carbocycles. The molecule has 0 saturated carbocycles. The molecule has 0 fully saturated rings. The molecule has 0 bridgehead atoms. The van der Waals surface area contributed by atoms with Crippen LogP contribution < -0.4 is 9.88 Å². The van der Waals surface area contributed by atoms with E-state index in [1.54, 1.807) is 36.3 Å². The summed E-state index contributed by atoms with van der Waals surface area (Å²) in [5.41, 5.74) is 2.69. The zero-order valence-corrected chi connectivity index (χ0v) is 17.0. The van der Waals surface area contributed by atoms with Gasteiger partial charge < -0.3 is 9.26 Å². The SMILES string of the molecule is Cc1ccc(OCc2c(-c3nc(-c4cccc(S(N)(=O)=O)c4)no3)cnn2C)cn1. The molecule has 4 rings (SSSR count). The Hall–Kier alpha value is -3.57. The smallest absolute Gasteiger partial charge is 0.261 e. The van der Waals surface area contributed by atoms with Crippen molar-refractivity contribution in [3.63, 3.8) is 0 Å². The topological polar surface area (TPSA) is 139 Å². The number of aromatic nitrogens is 5. The van der Waals surface area contributed by atoms with Crippen molar-refractivity contribution < 1.29 is 17.7 Å². The van der Waals surface area contributed by atoms with Crippen molar-refractivity contribution >= 4 is 10.0 Å². The Morgan fingerprint density at radius 3 is 2.77 bits per heavy atom. The van der Waals surface area contributed by atoms with Crippen molar-refractivity contribution in [3.8, 4) is 28.6 Å². The molecule has 0 aliphatic heterocycles. The predicted molar refractivity (Wildman–Crippen MR) is 107 cm³/mol. The van der Waals surface area contributed by atoms with Crippen LogP contribution in [0.5, 0.6) is 5.75 Å². The molecule has 0 atom stereocenters. The third kappa shape index (κ3) is 4.07. The van der Waals surface area contributed by atoms with E-state index in [0.717, 1.165) is 11.4 Å². The van der Waals surface area contributed by atoms with Gasteiger partial charge in [-0.1, -0.05) is 17.3 Å². The second-order valence-electron chi connectivity index (χ2n) is 6.55. The highest BCUT2D eigenvalue weighted by Gasteiger charge is 2.19. The number of benzene rings is 1. The van der Waals surface area contributed by atoms with E-state index in [1.807, 2.05) is 19.1 Å². The van der Waals surface area contributed by atoms with Crippen molar-refractivity contribution in [3.05, 3.63) is 60.2 Å². The molecule has 0 aliphatic rings. The van der Waals surface area contributed by atoms with Crippen molar-refractivity contribution in [2.45, 2.75) is 18.4 Å². The average molecular weight is 426 g/mol. The van der Waals surface area contributed by atoms with Gasteiger partial charge in [0.15, 0.2) is 0 Å². The van der Waals surface area contributed by atoms with Gasteiger partial charge in [-0.15, -0.1) is 0 Å². The maximum Gasteiger partial charge on any atom is 0.261 e. The lowest BCUT2D eigenvalue weighted by molar-refractivity contribution is 0.293. The van der Waals surface area contributed by atoms with Crippen LogP contribution in [-0.4, -0.2) is 33.3 Å². The fraction of sp³-hybridized carbons (Fsp3) is 0.158. The molecular formula is C19H18N6O4S. The van der Waals surface area contributed by atoms with E-state index in [9.17, 15) is 8.42 Å². The minimum absolute atomic E-state index is 0.0338. The number of primary sulfonamides is 1. The summed E-state index contributed by atoms with van der Waals surface area (Å²) < 4.78 is 36.0. The Kier molecular flexibility index (Phi) is 5.06. The van der Waals surface area contributed by atoms with Crippen molar-refractivity contribution in [1.82, 2.24) is 24.9 Å². The van der Waals surface area contributed by atoms with E-state index in [0.29, 0.717) is 16.9 Å². The molecule has 0 unspecified atom stereocenters. The summed E-state index contributed by atoms with van der Waals surface area (Å²) in [5.74, 6) is 1.09. The van der Waals surface area contributed by atoms with Gasteiger partial charge in [-0.3, -0.25) is 9.67 Å². The summed E-state index contributed by atoms with van der Waals surface area (Å²) in [6, 6.07) is 9.71.